The van der Waals surface area contributed by atoms with Crippen LogP contribution in [0.1, 0.15) is 18.1 Å². The van der Waals surface area contributed by atoms with Crippen LogP contribution >= 0.6 is 31.0 Å². The molecule has 1 aromatic carbocycles. The topological polar surface area (TPSA) is 69.4 Å². The van der Waals surface area contributed by atoms with E-state index in [4.69, 9.17) is 21.9 Å². The number of amides is 1. The molecule has 0 saturated carbocycles. The highest BCUT2D eigenvalue weighted by atomic mass is 35.5. The Morgan fingerprint density at radius 3 is 2.95 bits per heavy atom. The molecule has 0 saturated heterocycles. The van der Waals surface area contributed by atoms with Crippen molar-refractivity contribution in [1.82, 2.24) is 0 Å². The van der Waals surface area contributed by atoms with Crippen LogP contribution in [0.2, 0.25) is 5.02 Å². The summed E-state index contributed by atoms with van der Waals surface area (Å²) >= 11 is 7.41. The van der Waals surface area contributed by atoms with E-state index in [0.29, 0.717) is 10.6 Å². The Morgan fingerprint density at radius 1 is 1.58 bits per heavy atom. The Labute approximate surface area is 120 Å². The highest BCUT2D eigenvalue weighted by Gasteiger charge is 2.41. The van der Waals surface area contributed by atoms with Gasteiger partial charge in [-0.05, 0) is 29.7 Å². The lowest BCUT2D eigenvalue weighted by Crippen LogP contribution is -2.19. The van der Waals surface area contributed by atoms with Crippen LogP contribution < -0.4 is 5.73 Å². The molecule has 0 aliphatic heterocycles. The third-order valence-corrected chi connectivity index (χ3v) is 5.28. The van der Waals surface area contributed by atoms with E-state index in [1.54, 1.807) is 24.4 Å². The van der Waals surface area contributed by atoms with E-state index in [2.05, 4.69) is 0 Å². The van der Waals surface area contributed by atoms with Crippen LogP contribution in [0.25, 0.3) is 10.1 Å². The number of carbonyl (C=O) groups is 1. The van der Waals surface area contributed by atoms with Crippen molar-refractivity contribution in [1.29, 1.82) is 0 Å². The molecule has 1 amide bonds. The summed E-state index contributed by atoms with van der Waals surface area (Å²) in [7, 11) is -2.18. The van der Waals surface area contributed by atoms with Gasteiger partial charge in [-0.15, -0.1) is 15.9 Å². The molecule has 7 heteroatoms. The van der Waals surface area contributed by atoms with Gasteiger partial charge < -0.3 is 5.73 Å². The maximum Gasteiger partial charge on any atom is 0.526 e. The van der Waals surface area contributed by atoms with E-state index in [0.717, 1.165) is 10.1 Å². The van der Waals surface area contributed by atoms with Crippen LogP contribution in [0.3, 0.4) is 0 Å². The Bertz CT molecular complexity index is 643. The van der Waals surface area contributed by atoms with Gasteiger partial charge in [0.15, 0.2) is 0 Å². The minimum atomic E-state index is -2.18. The number of benzene rings is 1. The number of rotatable bonds is 5. The van der Waals surface area contributed by atoms with E-state index in [1.165, 1.54) is 11.3 Å². The molecular weight excluding hydrogens is 305 g/mol. The molecule has 2 N–H and O–H groups in total. The fourth-order valence-corrected chi connectivity index (χ4v) is 4.10. The number of primary amides is 1. The third-order valence-electron chi connectivity index (χ3n) is 2.60. The zero-order valence-corrected chi connectivity index (χ0v) is 12.6. The Kier molecular flexibility index (Phi) is 4.53. The highest BCUT2D eigenvalue weighted by Crippen LogP contribution is 2.46. The second kappa shape index (κ2) is 5.97. The first kappa shape index (κ1) is 14.4. The minimum Gasteiger partial charge on any atom is -0.365 e. The second-order valence-electron chi connectivity index (χ2n) is 3.84. The van der Waals surface area contributed by atoms with Crippen molar-refractivity contribution >= 4 is 47.0 Å². The van der Waals surface area contributed by atoms with Gasteiger partial charge in [-0.3, -0.25) is 4.79 Å². The zero-order valence-electron chi connectivity index (χ0n) is 10.1. The van der Waals surface area contributed by atoms with Gasteiger partial charge in [0, 0.05) is 26.1 Å². The second-order valence-corrected chi connectivity index (χ2v) is 6.53. The number of halogens is 1. The van der Waals surface area contributed by atoms with E-state index in [-0.39, 0.29) is 6.61 Å². The van der Waals surface area contributed by atoms with Gasteiger partial charge in [-0.1, -0.05) is 11.6 Å². The normalized spacial score (nSPS) is 13.5. The molecule has 0 spiro atoms. The summed E-state index contributed by atoms with van der Waals surface area (Å²) in [6.07, 6.45) is 0. The van der Waals surface area contributed by atoms with Crippen molar-refractivity contribution in [3.05, 3.63) is 34.2 Å². The summed E-state index contributed by atoms with van der Waals surface area (Å²) in [4.78, 5) is 11.6. The summed E-state index contributed by atoms with van der Waals surface area (Å²) in [6.45, 7) is 1.98. The average Bonchev–Trinajstić information content (AvgIpc) is 2.72. The number of nitrogens with two attached hydrogens (primary N) is 1. The Morgan fingerprint density at radius 2 is 2.32 bits per heavy atom. The smallest absolute Gasteiger partial charge is 0.365 e. The van der Waals surface area contributed by atoms with E-state index in [9.17, 15) is 9.36 Å². The first-order valence-electron chi connectivity index (χ1n) is 5.59. The third kappa shape index (κ3) is 2.95. The molecule has 0 radical (unpaired) electrons. The van der Waals surface area contributed by atoms with Crippen LogP contribution in [0.5, 0.6) is 0 Å². The number of thiophene rings is 1. The number of fused-ring (bicyclic) bond motifs is 1. The van der Waals surface area contributed by atoms with Crippen molar-refractivity contribution < 1.29 is 13.9 Å². The Balaban J connectivity index is 2.53. The monoisotopic (exact) mass is 316 g/mol. The summed E-state index contributed by atoms with van der Waals surface area (Å²) < 4.78 is 18.0. The fraction of sp³-hybridized carbons (Fsp3) is 0.250. The zero-order chi connectivity index (χ0) is 14.0. The molecule has 2 rings (SSSR count). The molecule has 1 heterocycles. The summed E-state index contributed by atoms with van der Waals surface area (Å²) in [5.74, 6) is -0.658. The van der Waals surface area contributed by atoms with Gasteiger partial charge in [0.05, 0.1) is 6.61 Å². The molecule has 1 aromatic heterocycles. The molecule has 19 heavy (non-hydrogen) atoms. The fourth-order valence-electron chi connectivity index (χ4n) is 1.81. The molecule has 2 atom stereocenters. The summed E-state index contributed by atoms with van der Waals surface area (Å²) in [5, 5.41) is 3.13. The summed E-state index contributed by atoms with van der Waals surface area (Å²) in [5.41, 5.74) is 5.03. The van der Waals surface area contributed by atoms with E-state index >= 15 is 0 Å². The average molecular weight is 317 g/mol. The molecule has 0 fully saturated rings. The van der Waals surface area contributed by atoms with Gasteiger partial charge in [0.25, 0.3) is 11.6 Å². The Hall–Kier alpha value is -1.00. The van der Waals surface area contributed by atoms with Crippen molar-refractivity contribution in [3.8, 4) is 0 Å². The maximum atomic E-state index is 12.0. The van der Waals surface area contributed by atoms with Crippen molar-refractivity contribution in [2.75, 3.05) is 6.61 Å². The van der Waals surface area contributed by atoms with Crippen molar-refractivity contribution in [2.45, 2.75) is 12.6 Å². The van der Waals surface area contributed by atoms with Crippen molar-refractivity contribution in [3.63, 3.8) is 0 Å². The maximum absolute atomic E-state index is 12.0. The van der Waals surface area contributed by atoms with E-state index < -0.39 is 19.6 Å². The molecule has 0 aliphatic carbocycles. The van der Waals surface area contributed by atoms with Crippen molar-refractivity contribution in [2.24, 2.45) is 5.73 Å². The van der Waals surface area contributed by atoms with Crippen LogP contribution in [-0.2, 0) is 13.9 Å². The molecule has 100 valence electrons. The lowest BCUT2D eigenvalue weighted by Gasteiger charge is -2.01. The lowest BCUT2D eigenvalue weighted by atomic mass is 10.1. The number of hydrogen-bond acceptors (Lipinski definition) is 4. The van der Waals surface area contributed by atoms with Crippen LogP contribution in [-0.4, -0.2) is 12.5 Å². The first-order valence-corrected chi connectivity index (χ1v) is 8.10. The van der Waals surface area contributed by atoms with Crippen LogP contribution in [0, 0.1) is 0 Å². The molecule has 4 nitrogen and oxygen atoms in total. The van der Waals surface area contributed by atoms with Crippen LogP contribution in [0.4, 0.5) is 0 Å². The molecular formula is C12H12ClNO3PS+. The van der Waals surface area contributed by atoms with E-state index in [1.807, 2.05) is 6.07 Å². The predicted molar refractivity (Wildman–Crippen MR) is 78.0 cm³/mol. The van der Waals surface area contributed by atoms with Gasteiger partial charge in [0.1, 0.15) is 0 Å². The van der Waals surface area contributed by atoms with Gasteiger partial charge in [-0.2, -0.15) is 0 Å². The first-order chi connectivity index (χ1) is 9.04. The molecule has 0 aliphatic rings. The van der Waals surface area contributed by atoms with Gasteiger partial charge >= 0.3 is 8.03 Å². The molecule has 1 unspecified atom stereocenters. The molecule has 0 bridgehead atoms. The van der Waals surface area contributed by atoms with Crippen LogP contribution in [0.15, 0.2) is 23.6 Å². The minimum absolute atomic E-state index is 0.266. The lowest BCUT2D eigenvalue weighted by molar-refractivity contribution is -0.117. The predicted octanol–water partition coefficient (Wildman–Crippen LogP) is 3.86. The SMILES string of the molecule is CCO[P+](=O)[C@@H](C(N)=O)c1csc2ccc(Cl)cc12. The standard InChI is InChI=1S/C12H11ClNO3PS/c1-2-17-18(16)11(12(14)15)9-6-19-10-4-3-7(13)5-8(9)10/h3-6,11H,2H2,1H3,(H-,14,15)/p+1/t11-/m1/s1. The quantitative estimate of drug-likeness (QED) is 0.851. The van der Waals surface area contributed by atoms with Gasteiger partial charge in [-0.25, -0.2) is 0 Å². The highest BCUT2D eigenvalue weighted by molar-refractivity contribution is 7.41. The largest absolute Gasteiger partial charge is 0.526 e. The molecule has 2 aromatic rings. The summed E-state index contributed by atoms with van der Waals surface area (Å²) in [6, 6.07) is 5.37. The van der Waals surface area contributed by atoms with Gasteiger partial charge in [0.2, 0.25) is 0 Å². The number of hydrogen-bond donors (Lipinski definition) is 1. The number of carbonyl (C=O) groups excluding carboxylic acids is 1.